The van der Waals surface area contributed by atoms with Crippen molar-refractivity contribution in [3.05, 3.63) is 105 Å². The van der Waals surface area contributed by atoms with E-state index in [-0.39, 0.29) is 17.5 Å². The third-order valence-electron chi connectivity index (χ3n) is 5.19. The van der Waals surface area contributed by atoms with Gasteiger partial charge in [0.1, 0.15) is 5.69 Å². The molecule has 0 saturated carbocycles. The summed E-state index contributed by atoms with van der Waals surface area (Å²) in [6.45, 7) is 0. The number of nitro groups is 1. The van der Waals surface area contributed by atoms with E-state index in [0.29, 0.717) is 16.8 Å². The molecule has 0 spiro atoms. The lowest BCUT2D eigenvalue weighted by Gasteiger charge is -2.27. The second kappa shape index (κ2) is 7.64. The molecule has 0 aromatic heterocycles. The summed E-state index contributed by atoms with van der Waals surface area (Å²) in [6.07, 6.45) is 2.98. The Hall–Kier alpha value is -3.47. The molecule has 0 radical (unpaired) electrons. The maximum atomic E-state index is 12.6. The molecule has 0 bridgehead atoms. The van der Waals surface area contributed by atoms with Gasteiger partial charge in [-0.15, -0.1) is 0 Å². The number of ketones is 1. The van der Waals surface area contributed by atoms with Crippen LogP contribution in [-0.4, -0.2) is 10.7 Å². The van der Waals surface area contributed by atoms with Crippen LogP contribution in [-0.2, 0) is 6.42 Å². The molecule has 1 aliphatic carbocycles. The lowest BCUT2D eigenvalue weighted by molar-refractivity contribution is -0.384. The standard InChI is InChI=1S/C23H20N2O3/c26-23(17-8-2-1-3-9-17)18-13-14-21(22(15-18)25(27)28)24-20-12-6-10-16-7-4-5-11-19(16)20/h1-5,7-9,11,13-15,20,24H,6,10,12H2/t20-/m0/s1. The maximum Gasteiger partial charge on any atom is 0.293 e. The molecule has 5 nitrogen and oxygen atoms in total. The highest BCUT2D eigenvalue weighted by molar-refractivity contribution is 6.09. The fourth-order valence-electron chi connectivity index (χ4n) is 3.79. The average molecular weight is 372 g/mol. The first-order valence-electron chi connectivity index (χ1n) is 9.36. The molecule has 140 valence electrons. The van der Waals surface area contributed by atoms with Crippen LogP contribution in [0.15, 0.2) is 72.8 Å². The van der Waals surface area contributed by atoms with E-state index in [1.54, 1.807) is 36.4 Å². The Labute approximate surface area is 163 Å². The molecule has 0 unspecified atom stereocenters. The number of rotatable bonds is 5. The summed E-state index contributed by atoms with van der Waals surface area (Å²) in [7, 11) is 0. The molecule has 0 fully saturated rings. The molecule has 0 heterocycles. The van der Waals surface area contributed by atoms with Gasteiger partial charge >= 0.3 is 0 Å². The fourth-order valence-corrected chi connectivity index (χ4v) is 3.79. The quantitative estimate of drug-likeness (QED) is 0.374. The molecular formula is C23H20N2O3. The Morgan fingerprint density at radius 3 is 2.50 bits per heavy atom. The van der Waals surface area contributed by atoms with Gasteiger partial charge in [-0.05, 0) is 42.5 Å². The predicted molar refractivity (Wildman–Crippen MR) is 109 cm³/mol. The van der Waals surface area contributed by atoms with Crippen molar-refractivity contribution in [3.8, 4) is 0 Å². The van der Waals surface area contributed by atoms with Crippen LogP contribution in [0.3, 0.4) is 0 Å². The van der Waals surface area contributed by atoms with E-state index in [1.165, 1.54) is 17.2 Å². The van der Waals surface area contributed by atoms with Crippen molar-refractivity contribution in [2.24, 2.45) is 0 Å². The Kier molecular flexibility index (Phi) is 4.89. The highest BCUT2D eigenvalue weighted by Gasteiger charge is 2.24. The predicted octanol–water partition coefficient (Wildman–Crippen LogP) is 5.32. The number of carbonyl (C=O) groups excluding carboxylic acids is 1. The molecule has 28 heavy (non-hydrogen) atoms. The first kappa shape index (κ1) is 17.9. The third kappa shape index (κ3) is 3.51. The monoisotopic (exact) mass is 372 g/mol. The number of hydrogen-bond acceptors (Lipinski definition) is 4. The highest BCUT2D eigenvalue weighted by Crippen LogP contribution is 2.35. The molecule has 0 saturated heterocycles. The molecule has 1 aliphatic rings. The minimum absolute atomic E-state index is 0.0272. The van der Waals surface area contributed by atoms with E-state index in [4.69, 9.17) is 0 Å². The summed E-state index contributed by atoms with van der Waals surface area (Å²) in [4.78, 5) is 23.9. The number of nitrogens with one attached hydrogen (secondary N) is 1. The molecule has 0 amide bonds. The van der Waals surface area contributed by atoms with E-state index in [9.17, 15) is 14.9 Å². The van der Waals surface area contributed by atoms with Gasteiger partial charge in [0, 0.05) is 17.2 Å². The molecule has 3 aromatic rings. The summed E-state index contributed by atoms with van der Waals surface area (Å²) in [6, 6.07) is 21.7. The molecule has 3 aromatic carbocycles. The minimum Gasteiger partial charge on any atom is -0.373 e. The lowest BCUT2D eigenvalue weighted by Crippen LogP contribution is -2.18. The van der Waals surface area contributed by atoms with Gasteiger partial charge in [0.25, 0.3) is 5.69 Å². The molecule has 4 rings (SSSR count). The Balaban J connectivity index is 1.65. The van der Waals surface area contributed by atoms with Crippen LogP contribution in [0.2, 0.25) is 0 Å². The first-order chi connectivity index (χ1) is 13.6. The lowest BCUT2D eigenvalue weighted by atomic mass is 9.87. The van der Waals surface area contributed by atoms with Crippen LogP contribution < -0.4 is 5.32 Å². The van der Waals surface area contributed by atoms with Gasteiger partial charge in [-0.3, -0.25) is 14.9 Å². The van der Waals surface area contributed by atoms with Crippen LogP contribution >= 0.6 is 0 Å². The van der Waals surface area contributed by atoms with Crippen molar-refractivity contribution in [3.63, 3.8) is 0 Å². The zero-order valence-corrected chi connectivity index (χ0v) is 15.3. The summed E-state index contributed by atoms with van der Waals surface area (Å²) in [5, 5.41) is 15.0. The number of hydrogen-bond donors (Lipinski definition) is 1. The van der Waals surface area contributed by atoms with Crippen LogP contribution in [0.4, 0.5) is 11.4 Å². The molecular weight excluding hydrogens is 352 g/mol. The minimum atomic E-state index is -0.432. The zero-order chi connectivity index (χ0) is 19.5. The number of benzene rings is 3. The number of carbonyl (C=O) groups is 1. The van der Waals surface area contributed by atoms with Gasteiger partial charge in [0.05, 0.1) is 11.0 Å². The van der Waals surface area contributed by atoms with Gasteiger partial charge in [-0.2, -0.15) is 0 Å². The highest BCUT2D eigenvalue weighted by atomic mass is 16.6. The summed E-state index contributed by atoms with van der Waals surface area (Å²) in [5.74, 6) is -0.224. The van der Waals surface area contributed by atoms with Crippen molar-refractivity contribution >= 4 is 17.2 Å². The van der Waals surface area contributed by atoms with Crippen molar-refractivity contribution in [2.75, 3.05) is 5.32 Å². The summed E-state index contributed by atoms with van der Waals surface area (Å²) >= 11 is 0. The van der Waals surface area contributed by atoms with Crippen molar-refractivity contribution < 1.29 is 9.72 Å². The average Bonchev–Trinajstić information content (AvgIpc) is 2.74. The number of aryl methyl sites for hydroxylation is 1. The number of fused-ring (bicyclic) bond motifs is 1. The first-order valence-corrected chi connectivity index (χ1v) is 9.36. The molecule has 1 atom stereocenters. The largest absolute Gasteiger partial charge is 0.373 e. The van der Waals surface area contributed by atoms with E-state index in [0.717, 1.165) is 19.3 Å². The van der Waals surface area contributed by atoms with E-state index < -0.39 is 4.92 Å². The van der Waals surface area contributed by atoms with Crippen molar-refractivity contribution in [1.82, 2.24) is 0 Å². The van der Waals surface area contributed by atoms with Gasteiger partial charge in [-0.1, -0.05) is 54.6 Å². The Morgan fingerprint density at radius 1 is 0.964 bits per heavy atom. The normalized spacial score (nSPS) is 15.5. The molecule has 0 aliphatic heterocycles. The SMILES string of the molecule is O=C(c1ccccc1)c1ccc(N[C@H]2CCCc3ccccc32)c([N+](=O)[O-])c1. The van der Waals surface area contributed by atoms with Crippen LogP contribution in [0.5, 0.6) is 0 Å². The smallest absolute Gasteiger partial charge is 0.293 e. The fraction of sp³-hybridized carbons (Fsp3) is 0.174. The van der Waals surface area contributed by atoms with Crippen LogP contribution in [0, 0.1) is 10.1 Å². The second-order valence-corrected chi connectivity index (χ2v) is 6.97. The van der Waals surface area contributed by atoms with E-state index >= 15 is 0 Å². The van der Waals surface area contributed by atoms with E-state index in [2.05, 4.69) is 17.4 Å². The zero-order valence-electron chi connectivity index (χ0n) is 15.3. The van der Waals surface area contributed by atoms with Gasteiger partial charge < -0.3 is 5.32 Å². The Bertz CT molecular complexity index is 1030. The second-order valence-electron chi connectivity index (χ2n) is 6.97. The van der Waals surface area contributed by atoms with Crippen LogP contribution in [0.1, 0.15) is 45.9 Å². The third-order valence-corrected chi connectivity index (χ3v) is 5.19. The number of nitro benzene ring substituents is 1. The topological polar surface area (TPSA) is 72.2 Å². The number of nitrogens with zero attached hydrogens (tertiary/aromatic N) is 1. The van der Waals surface area contributed by atoms with Crippen LogP contribution in [0.25, 0.3) is 0 Å². The van der Waals surface area contributed by atoms with Crippen molar-refractivity contribution in [1.29, 1.82) is 0 Å². The molecule has 5 heteroatoms. The Morgan fingerprint density at radius 2 is 1.71 bits per heavy atom. The van der Waals surface area contributed by atoms with Gasteiger partial charge in [-0.25, -0.2) is 0 Å². The van der Waals surface area contributed by atoms with Gasteiger partial charge in [0.15, 0.2) is 5.78 Å². The van der Waals surface area contributed by atoms with Gasteiger partial charge in [0.2, 0.25) is 0 Å². The molecule has 1 N–H and O–H groups in total. The van der Waals surface area contributed by atoms with E-state index in [1.807, 2.05) is 18.2 Å². The van der Waals surface area contributed by atoms with Crippen molar-refractivity contribution in [2.45, 2.75) is 25.3 Å². The summed E-state index contributed by atoms with van der Waals surface area (Å²) < 4.78 is 0. The number of anilines is 1. The summed E-state index contributed by atoms with van der Waals surface area (Å²) in [5.41, 5.74) is 3.66. The maximum absolute atomic E-state index is 12.6.